The van der Waals surface area contributed by atoms with Crippen molar-refractivity contribution in [1.29, 1.82) is 0 Å². The highest BCUT2D eigenvalue weighted by atomic mass is 16.5. The molecule has 0 aliphatic carbocycles. The fourth-order valence-corrected chi connectivity index (χ4v) is 3.73. The molecule has 2 atom stereocenters. The van der Waals surface area contributed by atoms with Crippen LogP contribution in [0.5, 0.6) is 0 Å². The Balaban J connectivity index is 2.06. The van der Waals surface area contributed by atoms with Crippen molar-refractivity contribution in [1.82, 2.24) is 19.4 Å². The molecule has 2 unspecified atom stereocenters. The number of hydrogen-bond donors (Lipinski definition) is 2. The third-order valence-electron chi connectivity index (χ3n) is 4.99. The number of morpholine rings is 1. The van der Waals surface area contributed by atoms with E-state index in [1.165, 1.54) is 6.20 Å². The first-order valence-electron chi connectivity index (χ1n) is 8.69. The Morgan fingerprint density at radius 1 is 1.30 bits per heavy atom. The Bertz CT molecular complexity index is 787. The summed E-state index contributed by atoms with van der Waals surface area (Å²) in [6, 6.07) is 3.41. The van der Waals surface area contributed by atoms with Crippen LogP contribution >= 0.6 is 0 Å². The number of carboxylic acid groups (broad SMARTS) is 2. The van der Waals surface area contributed by atoms with Gasteiger partial charge in [-0.05, 0) is 12.0 Å². The van der Waals surface area contributed by atoms with Gasteiger partial charge in [0.25, 0.3) is 0 Å². The molecule has 0 amide bonds. The van der Waals surface area contributed by atoms with Gasteiger partial charge in [-0.2, -0.15) is 0 Å². The minimum atomic E-state index is -1.50. The maximum atomic E-state index is 12.5. The summed E-state index contributed by atoms with van der Waals surface area (Å²) in [5.74, 6) is -2.20. The van der Waals surface area contributed by atoms with Crippen LogP contribution in [0.4, 0.5) is 0 Å². The SMILES string of the molecule is CC(CC(=O)O)C(C(=O)O)(c1ccc(-n2ccnc2)nc1)N1CCOCC1. The van der Waals surface area contributed by atoms with Gasteiger partial charge >= 0.3 is 11.9 Å². The lowest BCUT2D eigenvalue weighted by Gasteiger charge is -2.46. The summed E-state index contributed by atoms with van der Waals surface area (Å²) >= 11 is 0. The summed E-state index contributed by atoms with van der Waals surface area (Å²) in [6.45, 7) is 3.26. The van der Waals surface area contributed by atoms with Gasteiger partial charge < -0.3 is 14.9 Å². The van der Waals surface area contributed by atoms with Gasteiger partial charge in [-0.1, -0.05) is 13.0 Å². The van der Waals surface area contributed by atoms with Gasteiger partial charge in [0.1, 0.15) is 17.7 Å². The molecule has 0 aromatic carbocycles. The molecular weight excluding hydrogens is 352 g/mol. The molecule has 3 rings (SSSR count). The molecule has 1 saturated heterocycles. The summed E-state index contributed by atoms with van der Waals surface area (Å²) in [5.41, 5.74) is -1.04. The lowest BCUT2D eigenvalue weighted by Crippen LogP contribution is -2.59. The fraction of sp³-hybridized carbons (Fsp3) is 0.444. The van der Waals surface area contributed by atoms with Gasteiger partial charge in [-0.15, -0.1) is 0 Å². The summed E-state index contributed by atoms with van der Waals surface area (Å²) in [7, 11) is 0. The summed E-state index contributed by atoms with van der Waals surface area (Å²) < 4.78 is 7.07. The molecule has 1 aliphatic rings. The molecule has 144 valence electrons. The van der Waals surface area contributed by atoms with Crippen molar-refractivity contribution in [3.8, 4) is 5.82 Å². The molecule has 9 nitrogen and oxygen atoms in total. The molecule has 0 bridgehead atoms. The highest BCUT2D eigenvalue weighted by Gasteiger charge is 2.51. The lowest BCUT2D eigenvalue weighted by molar-refractivity contribution is -0.163. The number of pyridine rings is 1. The van der Waals surface area contributed by atoms with Gasteiger partial charge in [0.05, 0.1) is 19.6 Å². The van der Waals surface area contributed by atoms with E-state index in [1.54, 1.807) is 47.2 Å². The van der Waals surface area contributed by atoms with Crippen LogP contribution in [0.3, 0.4) is 0 Å². The number of imidazole rings is 1. The van der Waals surface area contributed by atoms with E-state index in [4.69, 9.17) is 4.74 Å². The van der Waals surface area contributed by atoms with Gasteiger partial charge in [-0.3, -0.25) is 14.3 Å². The Labute approximate surface area is 156 Å². The van der Waals surface area contributed by atoms with Crippen molar-refractivity contribution < 1.29 is 24.5 Å². The van der Waals surface area contributed by atoms with Crippen molar-refractivity contribution in [2.75, 3.05) is 26.3 Å². The van der Waals surface area contributed by atoms with Crippen molar-refractivity contribution in [3.63, 3.8) is 0 Å². The van der Waals surface area contributed by atoms with Crippen LogP contribution in [-0.4, -0.2) is 67.9 Å². The number of aliphatic carboxylic acids is 2. The first-order valence-corrected chi connectivity index (χ1v) is 8.69. The van der Waals surface area contributed by atoms with Crippen LogP contribution in [0, 0.1) is 5.92 Å². The quantitative estimate of drug-likeness (QED) is 0.737. The van der Waals surface area contributed by atoms with Crippen molar-refractivity contribution >= 4 is 11.9 Å². The molecule has 2 aromatic rings. The first kappa shape index (κ1) is 19.0. The predicted molar refractivity (Wildman–Crippen MR) is 94.5 cm³/mol. The van der Waals surface area contributed by atoms with Crippen LogP contribution in [0.1, 0.15) is 18.9 Å². The first-order chi connectivity index (χ1) is 13.0. The summed E-state index contributed by atoms with van der Waals surface area (Å²) in [4.78, 5) is 34.0. The number of ether oxygens (including phenoxy) is 1. The van der Waals surface area contributed by atoms with Gasteiger partial charge in [-0.25, -0.2) is 14.8 Å². The Morgan fingerprint density at radius 3 is 2.56 bits per heavy atom. The van der Waals surface area contributed by atoms with Gasteiger partial charge in [0.2, 0.25) is 0 Å². The van der Waals surface area contributed by atoms with Crippen LogP contribution in [0.25, 0.3) is 5.82 Å². The second-order valence-electron chi connectivity index (χ2n) is 6.54. The van der Waals surface area contributed by atoms with Crippen LogP contribution in [-0.2, 0) is 19.9 Å². The summed E-state index contributed by atoms with van der Waals surface area (Å²) in [6.07, 6.45) is 6.20. The predicted octanol–water partition coefficient (Wildman–Crippen LogP) is 0.990. The molecule has 3 heterocycles. The molecule has 1 fully saturated rings. The third-order valence-corrected chi connectivity index (χ3v) is 4.99. The molecule has 2 N–H and O–H groups in total. The molecule has 9 heteroatoms. The Kier molecular flexibility index (Phi) is 5.52. The maximum Gasteiger partial charge on any atom is 0.329 e. The highest BCUT2D eigenvalue weighted by Crippen LogP contribution is 2.39. The van der Waals surface area contributed by atoms with E-state index in [0.717, 1.165) is 0 Å². The minimum Gasteiger partial charge on any atom is -0.481 e. The third kappa shape index (κ3) is 3.56. The molecular formula is C18H22N4O5. The zero-order valence-corrected chi connectivity index (χ0v) is 15.0. The van der Waals surface area contributed by atoms with E-state index in [-0.39, 0.29) is 6.42 Å². The number of rotatable bonds is 7. The fourth-order valence-electron chi connectivity index (χ4n) is 3.73. The van der Waals surface area contributed by atoms with Crippen molar-refractivity contribution in [3.05, 3.63) is 42.6 Å². The molecule has 0 saturated carbocycles. The van der Waals surface area contributed by atoms with Crippen LogP contribution in [0.15, 0.2) is 37.1 Å². The normalized spacial score (nSPS) is 18.6. The maximum absolute atomic E-state index is 12.5. The number of nitrogens with zero attached hydrogens (tertiary/aromatic N) is 4. The highest BCUT2D eigenvalue weighted by molar-refractivity contribution is 5.82. The number of carboxylic acids is 2. The zero-order chi connectivity index (χ0) is 19.4. The monoisotopic (exact) mass is 374 g/mol. The zero-order valence-electron chi connectivity index (χ0n) is 15.0. The molecule has 27 heavy (non-hydrogen) atoms. The van der Waals surface area contributed by atoms with E-state index < -0.39 is 23.4 Å². The number of carbonyl (C=O) groups is 2. The molecule has 1 aliphatic heterocycles. The number of aromatic nitrogens is 3. The number of hydrogen-bond acceptors (Lipinski definition) is 6. The van der Waals surface area contributed by atoms with E-state index in [9.17, 15) is 19.8 Å². The van der Waals surface area contributed by atoms with E-state index in [1.807, 2.05) is 0 Å². The second-order valence-corrected chi connectivity index (χ2v) is 6.54. The minimum absolute atomic E-state index is 0.271. The van der Waals surface area contributed by atoms with Crippen LogP contribution < -0.4 is 0 Å². The molecule has 0 radical (unpaired) electrons. The van der Waals surface area contributed by atoms with E-state index in [2.05, 4.69) is 9.97 Å². The average Bonchev–Trinajstić information content (AvgIpc) is 3.17. The van der Waals surface area contributed by atoms with E-state index in [0.29, 0.717) is 37.7 Å². The van der Waals surface area contributed by atoms with Crippen molar-refractivity contribution in [2.45, 2.75) is 18.9 Å². The average molecular weight is 374 g/mol. The molecule has 2 aromatic heterocycles. The molecule has 0 spiro atoms. The van der Waals surface area contributed by atoms with Gasteiger partial charge in [0, 0.05) is 37.2 Å². The van der Waals surface area contributed by atoms with Crippen LogP contribution in [0.2, 0.25) is 0 Å². The Hall–Kier alpha value is -2.78. The van der Waals surface area contributed by atoms with E-state index >= 15 is 0 Å². The standard InChI is InChI=1S/C18H22N4O5/c1-13(10-16(23)24)18(17(25)26,22-6-8-27-9-7-22)14-2-3-15(20-11-14)21-5-4-19-12-21/h2-5,11-13H,6-10H2,1H3,(H,23,24)(H,25,26). The smallest absolute Gasteiger partial charge is 0.329 e. The largest absolute Gasteiger partial charge is 0.481 e. The van der Waals surface area contributed by atoms with Gasteiger partial charge in [0.15, 0.2) is 0 Å². The Morgan fingerprint density at radius 2 is 2.04 bits per heavy atom. The van der Waals surface area contributed by atoms with Crippen molar-refractivity contribution in [2.24, 2.45) is 5.92 Å². The summed E-state index contributed by atoms with van der Waals surface area (Å²) in [5, 5.41) is 19.5. The lowest BCUT2D eigenvalue weighted by atomic mass is 9.76. The topological polar surface area (TPSA) is 118 Å². The second kappa shape index (κ2) is 7.85.